The molecule has 0 saturated carbocycles. The Labute approximate surface area is 193 Å². The lowest BCUT2D eigenvalue weighted by Crippen LogP contribution is -2.38. The predicted molar refractivity (Wildman–Crippen MR) is 123 cm³/mol. The number of nitrogens with one attached hydrogen (secondary N) is 1. The van der Waals surface area contributed by atoms with E-state index in [-0.39, 0.29) is 16.7 Å². The molecule has 33 heavy (non-hydrogen) atoms. The van der Waals surface area contributed by atoms with E-state index in [1.54, 1.807) is 0 Å². The molecule has 1 N–H and O–H groups in total. The molecule has 0 aliphatic rings. The summed E-state index contributed by atoms with van der Waals surface area (Å²) in [5, 5.41) is 0. The number of hydrogen-bond acceptors (Lipinski definition) is 3. The van der Waals surface area contributed by atoms with Crippen molar-refractivity contribution in [3.8, 4) is 5.75 Å². The van der Waals surface area contributed by atoms with Crippen LogP contribution in [0.4, 0.5) is 13.2 Å². The average Bonchev–Trinajstić information content (AvgIpc) is 2.69. The molecule has 0 fully saturated rings. The summed E-state index contributed by atoms with van der Waals surface area (Å²) in [5.41, 5.74) is 2.25. The summed E-state index contributed by atoms with van der Waals surface area (Å²) < 4.78 is 41.9. The van der Waals surface area contributed by atoms with Crippen molar-refractivity contribution in [3.63, 3.8) is 0 Å². The minimum absolute atomic E-state index is 0.0150. The predicted octanol–water partition coefficient (Wildman–Crippen LogP) is 6.03. The van der Waals surface area contributed by atoms with Gasteiger partial charge in [-0.25, -0.2) is 0 Å². The number of amides is 1. The van der Waals surface area contributed by atoms with Gasteiger partial charge in [0.15, 0.2) is 5.75 Å². The summed E-state index contributed by atoms with van der Waals surface area (Å²) in [6.45, 7) is 14.3. The van der Waals surface area contributed by atoms with Crippen molar-refractivity contribution in [2.24, 2.45) is 4.99 Å². The summed E-state index contributed by atoms with van der Waals surface area (Å²) >= 11 is 0. The number of hydrogen-bond donors (Lipinski definition) is 1. The van der Waals surface area contributed by atoms with Crippen LogP contribution in [0.2, 0.25) is 0 Å². The molecule has 0 radical (unpaired) electrons. The molecule has 1 amide bonds. The molecule has 0 bridgehead atoms. The molecule has 2 rings (SSSR count). The van der Waals surface area contributed by atoms with E-state index < -0.39 is 23.2 Å². The van der Waals surface area contributed by atoms with Gasteiger partial charge in [-0.1, -0.05) is 34.1 Å². The fourth-order valence-corrected chi connectivity index (χ4v) is 2.93. The summed E-state index contributed by atoms with van der Waals surface area (Å²) in [6.07, 6.45) is -0.902. The average molecular weight is 466 g/mol. The van der Waals surface area contributed by atoms with E-state index in [4.69, 9.17) is 4.84 Å². The number of rotatable bonds is 6. The van der Waals surface area contributed by atoms with Crippen LogP contribution in [-0.4, -0.2) is 16.0 Å². The highest BCUT2D eigenvalue weighted by Crippen LogP contribution is 2.33. The van der Waals surface area contributed by atoms with Crippen molar-refractivity contribution in [2.75, 3.05) is 0 Å². The standard InChI is InChI=1S/C25H34F3N3O2/c1-8-9-13-31-14-12-17(23(2,3)4)16-21(31)29-22(32)19-15-18(25(26,27)28)10-11-20(19)33-30-24(5,6)7/h10-12,14-16,30H,8-9,13H2,1-7H3. The smallest absolute Gasteiger partial charge is 0.407 e. The van der Waals surface area contributed by atoms with Crippen molar-refractivity contribution in [1.29, 1.82) is 0 Å². The van der Waals surface area contributed by atoms with E-state index in [0.717, 1.165) is 36.6 Å². The van der Waals surface area contributed by atoms with Crippen LogP contribution in [-0.2, 0) is 18.1 Å². The van der Waals surface area contributed by atoms with Crippen LogP contribution in [0.3, 0.4) is 0 Å². The molecule has 8 heteroatoms. The van der Waals surface area contributed by atoms with E-state index in [1.165, 1.54) is 0 Å². The van der Waals surface area contributed by atoms with Gasteiger partial charge in [0.1, 0.15) is 5.49 Å². The Hall–Kier alpha value is -2.61. The molecule has 1 heterocycles. The minimum atomic E-state index is -4.60. The largest absolute Gasteiger partial charge is 0.416 e. The van der Waals surface area contributed by atoms with E-state index in [9.17, 15) is 18.0 Å². The highest BCUT2D eigenvalue weighted by Gasteiger charge is 2.32. The first-order valence-electron chi connectivity index (χ1n) is 11.1. The third kappa shape index (κ3) is 7.74. The first-order chi connectivity index (χ1) is 15.1. The van der Waals surface area contributed by atoms with Gasteiger partial charge in [-0.15, -0.1) is 0 Å². The lowest BCUT2D eigenvalue weighted by molar-refractivity contribution is -0.137. The first kappa shape index (κ1) is 26.6. The Morgan fingerprint density at radius 1 is 1.03 bits per heavy atom. The Morgan fingerprint density at radius 3 is 2.24 bits per heavy atom. The topological polar surface area (TPSA) is 55.6 Å². The van der Waals surface area contributed by atoms with Gasteiger partial charge in [-0.3, -0.25) is 4.79 Å². The Morgan fingerprint density at radius 2 is 1.70 bits per heavy atom. The number of carbonyl (C=O) groups is 1. The number of carbonyl (C=O) groups excluding carboxylic acids is 1. The van der Waals surface area contributed by atoms with E-state index in [0.29, 0.717) is 12.0 Å². The van der Waals surface area contributed by atoms with Crippen molar-refractivity contribution in [3.05, 3.63) is 58.7 Å². The zero-order valence-electron chi connectivity index (χ0n) is 20.4. The molecule has 0 aliphatic heterocycles. The van der Waals surface area contributed by atoms with Crippen molar-refractivity contribution in [2.45, 2.75) is 85.0 Å². The second-order valence-corrected chi connectivity index (χ2v) is 10.2. The molecule has 0 atom stereocenters. The van der Waals surface area contributed by atoms with Gasteiger partial charge < -0.3 is 9.40 Å². The third-order valence-corrected chi connectivity index (χ3v) is 4.85. The Balaban J connectivity index is 2.62. The minimum Gasteiger partial charge on any atom is -0.407 e. The van der Waals surface area contributed by atoms with Crippen LogP contribution in [0.5, 0.6) is 5.75 Å². The van der Waals surface area contributed by atoms with Crippen LogP contribution in [0.1, 0.15) is 82.8 Å². The first-order valence-corrected chi connectivity index (χ1v) is 11.1. The van der Waals surface area contributed by atoms with Crippen molar-refractivity contribution >= 4 is 5.91 Å². The zero-order chi connectivity index (χ0) is 25.0. The molecule has 0 saturated heterocycles. The van der Waals surface area contributed by atoms with Gasteiger partial charge in [0.25, 0.3) is 5.91 Å². The molecule has 182 valence electrons. The fraction of sp³-hybridized carbons (Fsp3) is 0.520. The summed E-state index contributed by atoms with van der Waals surface area (Å²) in [6, 6.07) is 6.61. The van der Waals surface area contributed by atoms with E-state index in [1.807, 2.05) is 64.4 Å². The second-order valence-electron chi connectivity index (χ2n) is 10.2. The Kier molecular flexibility index (Phi) is 8.17. The maximum atomic E-state index is 13.4. The molecule has 5 nitrogen and oxygen atoms in total. The number of pyridine rings is 1. The zero-order valence-corrected chi connectivity index (χ0v) is 20.4. The maximum absolute atomic E-state index is 13.4. The highest BCUT2D eigenvalue weighted by molar-refractivity contribution is 5.97. The molecule has 1 aromatic carbocycles. The van der Waals surface area contributed by atoms with Crippen LogP contribution in [0, 0.1) is 0 Å². The van der Waals surface area contributed by atoms with Crippen molar-refractivity contribution in [1.82, 2.24) is 10.0 Å². The lowest BCUT2D eigenvalue weighted by Gasteiger charge is -2.21. The van der Waals surface area contributed by atoms with E-state index >= 15 is 0 Å². The lowest BCUT2D eigenvalue weighted by atomic mass is 9.88. The van der Waals surface area contributed by atoms with Crippen molar-refractivity contribution < 1.29 is 22.8 Å². The summed E-state index contributed by atoms with van der Waals surface area (Å²) in [5.74, 6) is -0.818. The number of halogens is 3. The number of hydroxylamine groups is 1. The van der Waals surface area contributed by atoms with Gasteiger partial charge in [0.05, 0.1) is 11.1 Å². The number of benzene rings is 1. The number of aromatic nitrogens is 1. The maximum Gasteiger partial charge on any atom is 0.416 e. The number of nitrogens with zero attached hydrogens (tertiary/aromatic N) is 2. The van der Waals surface area contributed by atoms with Crippen LogP contribution in [0.25, 0.3) is 0 Å². The van der Waals surface area contributed by atoms with Crippen LogP contribution >= 0.6 is 0 Å². The molecule has 1 aromatic heterocycles. The van der Waals surface area contributed by atoms with Gasteiger partial charge >= 0.3 is 6.18 Å². The Bertz CT molecular complexity index is 1040. The molecule has 0 spiro atoms. The van der Waals surface area contributed by atoms with Crippen LogP contribution < -0.4 is 15.8 Å². The summed E-state index contributed by atoms with van der Waals surface area (Å²) in [4.78, 5) is 22.9. The number of aryl methyl sites for hydroxylation is 1. The molecular formula is C25H34F3N3O2. The van der Waals surface area contributed by atoms with Crippen LogP contribution in [0.15, 0.2) is 41.5 Å². The van der Waals surface area contributed by atoms with Gasteiger partial charge in [-0.05, 0) is 68.5 Å². The number of alkyl halides is 3. The molecule has 0 aliphatic carbocycles. The molecular weight excluding hydrogens is 431 g/mol. The van der Waals surface area contributed by atoms with E-state index in [2.05, 4.69) is 17.4 Å². The highest BCUT2D eigenvalue weighted by atomic mass is 19.4. The third-order valence-electron chi connectivity index (χ3n) is 4.85. The summed E-state index contributed by atoms with van der Waals surface area (Å²) in [7, 11) is 0. The van der Waals surface area contributed by atoms with Gasteiger partial charge in [0.2, 0.25) is 0 Å². The SMILES string of the molecule is CCCCn1ccc(C(C)(C)C)cc1=NC(=O)c1cc(C(F)(F)F)ccc1ONC(C)(C)C. The normalized spacial score (nSPS) is 13.3. The second kappa shape index (κ2) is 10.1. The van der Waals surface area contributed by atoms with Gasteiger partial charge in [0, 0.05) is 18.3 Å². The fourth-order valence-electron chi connectivity index (χ4n) is 2.93. The van der Waals surface area contributed by atoms with Gasteiger partial charge in [-0.2, -0.15) is 23.6 Å². The number of unbranched alkanes of at least 4 members (excludes halogenated alkanes) is 1. The monoisotopic (exact) mass is 465 g/mol. The molecule has 2 aromatic rings. The molecule has 0 unspecified atom stereocenters. The quantitative estimate of drug-likeness (QED) is 0.530.